The van der Waals surface area contributed by atoms with Gasteiger partial charge in [0.2, 0.25) is 0 Å². The number of benzene rings is 1. The number of hydrogen-bond acceptors (Lipinski definition) is 2. The van der Waals surface area contributed by atoms with Gasteiger partial charge < -0.3 is 11.8 Å². The summed E-state index contributed by atoms with van der Waals surface area (Å²) in [5.41, 5.74) is -0.753. The van der Waals surface area contributed by atoms with Crippen LogP contribution in [0.5, 0.6) is 0 Å². The Bertz CT molecular complexity index is 424. The fourth-order valence-corrected chi connectivity index (χ4v) is 1.41. The van der Waals surface area contributed by atoms with Crippen molar-refractivity contribution in [2.45, 2.75) is 12.6 Å². The average molecular weight is 329 g/mol. The molecule has 0 heterocycles. The second-order valence-electron chi connectivity index (χ2n) is 2.63. The van der Waals surface area contributed by atoms with Gasteiger partial charge in [0.1, 0.15) is 0 Å². The van der Waals surface area contributed by atoms with Crippen LogP contribution >= 0.6 is 15.9 Å². The van der Waals surface area contributed by atoms with E-state index in [4.69, 9.17) is 17.1 Å². The van der Waals surface area contributed by atoms with Gasteiger partial charge in [-0.25, -0.2) is 0 Å². The number of alkyl halides is 3. The van der Waals surface area contributed by atoms with Crippen LogP contribution in [0.3, 0.4) is 0 Å². The van der Waals surface area contributed by atoms with Crippen LogP contribution in [0.1, 0.15) is 11.1 Å². The summed E-state index contributed by atoms with van der Waals surface area (Å²) in [5, 5.41) is 14.6. The summed E-state index contributed by atoms with van der Waals surface area (Å²) in [5.74, 6) is 0. The molecular formula is C10H5BrF3KN2. The van der Waals surface area contributed by atoms with E-state index in [2.05, 4.69) is 15.9 Å². The third-order valence-electron chi connectivity index (χ3n) is 1.65. The molecule has 0 fully saturated rings. The molecule has 0 saturated carbocycles. The molecule has 0 aliphatic carbocycles. The van der Waals surface area contributed by atoms with Gasteiger partial charge >= 0.3 is 57.6 Å². The standard InChI is InChI=1S/C9H5BrF3N.CN.K/c10-7-2-1-6(3-4-14)8(5-7)9(11,12)13;1-2;/h1-2,5H,3H2;;/q;-1;+1. The van der Waals surface area contributed by atoms with Gasteiger partial charge in [0.25, 0.3) is 0 Å². The minimum atomic E-state index is -4.41. The molecule has 0 bridgehead atoms. The van der Waals surface area contributed by atoms with Crippen LogP contribution in [0.4, 0.5) is 13.2 Å². The van der Waals surface area contributed by atoms with E-state index in [0.29, 0.717) is 4.47 Å². The zero-order valence-corrected chi connectivity index (χ0v) is 13.6. The van der Waals surface area contributed by atoms with E-state index in [1.807, 2.05) is 0 Å². The van der Waals surface area contributed by atoms with Crippen molar-refractivity contribution < 1.29 is 64.6 Å². The molecule has 1 rings (SSSR count). The first kappa shape index (κ1) is 19.4. The average Bonchev–Trinajstić information content (AvgIpc) is 2.22. The summed E-state index contributed by atoms with van der Waals surface area (Å²) in [6.07, 6.45) is -4.64. The normalized spacial score (nSPS) is 9.24. The molecule has 1 aromatic rings. The van der Waals surface area contributed by atoms with Crippen molar-refractivity contribution in [3.8, 4) is 6.07 Å². The first-order valence-corrected chi connectivity index (χ1v) is 4.69. The maximum atomic E-state index is 12.4. The van der Waals surface area contributed by atoms with Crippen molar-refractivity contribution in [3.63, 3.8) is 0 Å². The van der Waals surface area contributed by atoms with Crippen molar-refractivity contribution in [3.05, 3.63) is 40.4 Å². The molecule has 2 nitrogen and oxygen atoms in total. The van der Waals surface area contributed by atoms with Gasteiger partial charge in [0.05, 0.1) is 18.1 Å². The Labute approximate surface area is 148 Å². The minimum Gasteiger partial charge on any atom is -0.512 e. The monoisotopic (exact) mass is 328 g/mol. The zero-order chi connectivity index (χ0) is 12.8. The quantitative estimate of drug-likeness (QED) is 0.561. The third-order valence-corrected chi connectivity index (χ3v) is 2.14. The second-order valence-corrected chi connectivity index (χ2v) is 3.55. The summed E-state index contributed by atoms with van der Waals surface area (Å²) >= 11 is 2.96. The van der Waals surface area contributed by atoms with Crippen LogP contribution in [0.2, 0.25) is 0 Å². The molecule has 0 saturated heterocycles. The number of hydrogen-bond donors (Lipinski definition) is 0. The van der Waals surface area contributed by atoms with Gasteiger partial charge in [0.15, 0.2) is 0 Å². The first-order valence-electron chi connectivity index (χ1n) is 3.90. The Hall–Kier alpha value is 0.106. The topological polar surface area (TPSA) is 47.6 Å². The van der Waals surface area contributed by atoms with Crippen molar-refractivity contribution in [2.75, 3.05) is 0 Å². The predicted molar refractivity (Wildman–Crippen MR) is 53.4 cm³/mol. The van der Waals surface area contributed by atoms with Crippen LogP contribution in [0, 0.1) is 23.2 Å². The van der Waals surface area contributed by atoms with E-state index < -0.39 is 11.7 Å². The summed E-state index contributed by atoms with van der Waals surface area (Å²) in [6, 6.07) is 5.47. The maximum Gasteiger partial charge on any atom is 1.00 e. The van der Waals surface area contributed by atoms with Crippen LogP contribution in [-0.2, 0) is 12.6 Å². The smallest absolute Gasteiger partial charge is 0.512 e. The van der Waals surface area contributed by atoms with Crippen molar-refractivity contribution in [2.24, 2.45) is 0 Å². The van der Waals surface area contributed by atoms with E-state index in [9.17, 15) is 13.2 Å². The van der Waals surface area contributed by atoms with Gasteiger partial charge in [-0.15, -0.1) is 0 Å². The van der Waals surface area contributed by atoms with E-state index in [0.717, 1.165) is 6.07 Å². The molecule has 84 valence electrons. The molecular weight excluding hydrogens is 324 g/mol. The number of nitriles is 1. The largest absolute Gasteiger partial charge is 1.00 e. The van der Waals surface area contributed by atoms with Gasteiger partial charge in [-0.3, -0.25) is 0 Å². The molecule has 0 amide bonds. The molecule has 0 N–H and O–H groups in total. The fourth-order valence-electron chi connectivity index (χ4n) is 1.05. The summed E-state index contributed by atoms with van der Waals surface area (Å²) in [7, 11) is 0. The molecule has 0 spiro atoms. The van der Waals surface area contributed by atoms with Gasteiger partial charge in [-0.1, -0.05) is 22.0 Å². The number of rotatable bonds is 1. The maximum absolute atomic E-state index is 12.4. The van der Waals surface area contributed by atoms with Crippen LogP contribution in [0.25, 0.3) is 0 Å². The van der Waals surface area contributed by atoms with Gasteiger partial charge in [-0.2, -0.15) is 18.4 Å². The number of nitrogens with zero attached hydrogens (tertiary/aromatic N) is 2. The van der Waals surface area contributed by atoms with Crippen LogP contribution < -0.4 is 51.4 Å². The summed E-state index contributed by atoms with van der Waals surface area (Å²) in [4.78, 5) is 0. The Morgan fingerprint density at radius 1 is 1.29 bits per heavy atom. The molecule has 1 aromatic carbocycles. The molecule has 7 heteroatoms. The van der Waals surface area contributed by atoms with Crippen LogP contribution in [-0.4, -0.2) is 0 Å². The Morgan fingerprint density at radius 3 is 2.24 bits per heavy atom. The van der Waals surface area contributed by atoms with Crippen LogP contribution in [0.15, 0.2) is 22.7 Å². The van der Waals surface area contributed by atoms with Crippen molar-refractivity contribution in [1.29, 1.82) is 10.5 Å². The Balaban J connectivity index is 0. The molecule has 0 aliphatic heterocycles. The molecule has 17 heavy (non-hydrogen) atoms. The Kier molecular flexibility index (Phi) is 10.4. The van der Waals surface area contributed by atoms with E-state index in [1.165, 1.54) is 12.1 Å². The second kappa shape index (κ2) is 9.09. The van der Waals surface area contributed by atoms with Crippen molar-refractivity contribution >= 4 is 15.9 Å². The molecule has 0 atom stereocenters. The van der Waals surface area contributed by atoms with Gasteiger partial charge in [0, 0.05) is 4.47 Å². The summed E-state index contributed by atoms with van der Waals surface area (Å²) < 4.78 is 37.6. The van der Waals surface area contributed by atoms with E-state index >= 15 is 0 Å². The molecule has 0 aliphatic rings. The Morgan fingerprint density at radius 2 is 1.82 bits per heavy atom. The summed E-state index contributed by atoms with van der Waals surface area (Å²) in [6.45, 7) is 4.75. The first-order chi connectivity index (χ1) is 7.45. The van der Waals surface area contributed by atoms with E-state index in [1.54, 1.807) is 6.07 Å². The zero-order valence-electron chi connectivity index (χ0n) is 8.85. The molecule has 0 unspecified atom stereocenters. The third kappa shape index (κ3) is 6.56. The molecule has 0 radical (unpaired) electrons. The SMILES string of the molecule is N#CCc1ccc(Br)cc1C(F)(F)F.[C-]#N.[K+]. The fraction of sp³-hybridized carbons (Fsp3) is 0.200. The minimum absolute atomic E-state index is 0. The predicted octanol–water partition coefficient (Wildman–Crippen LogP) is 0.634. The van der Waals surface area contributed by atoms with E-state index in [-0.39, 0.29) is 63.4 Å². The number of halogens is 4. The van der Waals surface area contributed by atoms with Crippen molar-refractivity contribution in [1.82, 2.24) is 0 Å². The molecule has 0 aromatic heterocycles. The van der Waals surface area contributed by atoms with Gasteiger partial charge in [-0.05, 0) is 17.7 Å².